The molecule has 0 radical (unpaired) electrons. The SMILES string of the molecule is I.NC(=NCCc1cccs1)NCCNC(=O)c1ccc(Cl)cc1. The predicted octanol–water partition coefficient (Wildman–Crippen LogP) is 2.90. The highest BCUT2D eigenvalue weighted by Gasteiger charge is 2.03. The standard InChI is InChI=1S/C16H19ClN4OS.HI/c17-13-5-3-12(4-6-13)15(22)19-9-10-21-16(18)20-8-7-14-2-1-11-23-14;/h1-6,11H,7-10H2,(H,19,22)(H3,18,20,21);1H. The van der Waals surface area contributed by atoms with Crippen LogP contribution >= 0.6 is 46.9 Å². The lowest BCUT2D eigenvalue weighted by atomic mass is 10.2. The van der Waals surface area contributed by atoms with Crippen LogP contribution < -0.4 is 16.4 Å². The summed E-state index contributed by atoms with van der Waals surface area (Å²) >= 11 is 7.50. The molecule has 1 heterocycles. The van der Waals surface area contributed by atoms with Gasteiger partial charge in [-0.05, 0) is 35.7 Å². The van der Waals surface area contributed by atoms with Gasteiger partial charge >= 0.3 is 0 Å². The Labute approximate surface area is 167 Å². The van der Waals surface area contributed by atoms with Crippen molar-refractivity contribution in [2.24, 2.45) is 10.7 Å². The van der Waals surface area contributed by atoms with E-state index in [4.69, 9.17) is 17.3 Å². The Hall–Kier alpha value is -1.32. The summed E-state index contributed by atoms with van der Waals surface area (Å²) in [5, 5.41) is 8.42. The van der Waals surface area contributed by atoms with E-state index in [1.165, 1.54) is 4.88 Å². The summed E-state index contributed by atoms with van der Waals surface area (Å²) in [5.74, 6) is 0.249. The Balaban J connectivity index is 0.00000288. The molecule has 0 unspecified atom stereocenters. The molecule has 0 aliphatic carbocycles. The molecule has 1 amide bonds. The second-order valence-electron chi connectivity index (χ2n) is 4.79. The minimum absolute atomic E-state index is 0. The molecular weight excluding hydrogens is 459 g/mol. The summed E-state index contributed by atoms with van der Waals surface area (Å²) in [7, 11) is 0. The van der Waals surface area contributed by atoms with Gasteiger partial charge in [0.05, 0.1) is 0 Å². The van der Waals surface area contributed by atoms with Gasteiger partial charge in [0.15, 0.2) is 5.96 Å². The van der Waals surface area contributed by atoms with E-state index in [1.807, 2.05) is 11.4 Å². The molecule has 8 heteroatoms. The number of aliphatic imine (C=N–C) groups is 1. The third kappa shape index (κ3) is 7.50. The molecule has 5 nitrogen and oxygen atoms in total. The first kappa shape index (κ1) is 20.7. The lowest BCUT2D eigenvalue weighted by Gasteiger charge is -2.07. The van der Waals surface area contributed by atoms with Gasteiger partial charge in [-0.2, -0.15) is 0 Å². The minimum atomic E-state index is -0.142. The number of rotatable bonds is 7. The zero-order chi connectivity index (χ0) is 16.5. The Morgan fingerprint density at radius 3 is 2.54 bits per heavy atom. The van der Waals surface area contributed by atoms with Crippen LogP contribution in [0.3, 0.4) is 0 Å². The predicted molar refractivity (Wildman–Crippen MR) is 112 cm³/mol. The van der Waals surface area contributed by atoms with E-state index in [0.717, 1.165) is 6.42 Å². The Kier molecular flexibility index (Phi) is 9.73. The molecule has 4 N–H and O–H groups in total. The number of hydrogen-bond donors (Lipinski definition) is 3. The summed E-state index contributed by atoms with van der Waals surface area (Å²) in [6, 6.07) is 10.8. The summed E-state index contributed by atoms with van der Waals surface area (Å²) in [6.07, 6.45) is 0.882. The number of nitrogens with zero attached hydrogens (tertiary/aromatic N) is 1. The highest BCUT2D eigenvalue weighted by atomic mass is 127. The molecule has 0 aliphatic heterocycles. The smallest absolute Gasteiger partial charge is 0.251 e. The molecule has 0 bridgehead atoms. The molecule has 0 saturated heterocycles. The maximum atomic E-state index is 11.9. The van der Waals surface area contributed by atoms with Crippen LogP contribution in [0.5, 0.6) is 0 Å². The Bertz CT molecular complexity index is 647. The molecule has 0 atom stereocenters. The van der Waals surface area contributed by atoms with Crippen LogP contribution in [0, 0.1) is 0 Å². The number of nitrogens with two attached hydrogens (primary N) is 1. The van der Waals surface area contributed by atoms with Crippen LogP contribution in [0.25, 0.3) is 0 Å². The average Bonchev–Trinajstić information content (AvgIpc) is 3.05. The van der Waals surface area contributed by atoms with Gasteiger partial charge in [-0.25, -0.2) is 0 Å². The molecular formula is C16H20ClIN4OS. The van der Waals surface area contributed by atoms with Crippen LogP contribution in [-0.2, 0) is 6.42 Å². The highest BCUT2D eigenvalue weighted by molar-refractivity contribution is 14.0. The average molecular weight is 479 g/mol. The number of nitrogens with one attached hydrogen (secondary N) is 2. The zero-order valence-corrected chi connectivity index (χ0v) is 16.9. The zero-order valence-electron chi connectivity index (χ0n) is 13.0. The number of thiophene rings is 1. The lowest BCUT2D eigenvalue weighted by molar-refractivity contribution is 0.0954. The van der Waals surface area contributed by atoms with E-state index in [1.54, 1.807) is 35.6 Å². The fourth-order valence-electron chi connectivity index (χ4n) is 1.87. The normalized spacial score (nSPS) is 10.8. The van der Waals surface area contributed by atoms with Crippen LogP contribution in [0.4, 0.5) is 0 Å². The maximum absolute atomic E-state index is 11.9. The molecule has 0 spiro atoms. The molecule has 2 aromatic rings. The van der Waals surface area contributed by atoms with Gasteiger partial charge in [0.25, 0.3) is 5.91 Å². The van der Waals surface area contributed by atoms with Crippen LogP contribution in [-0.4, -0.2) is 31.5 Å². The number of halogens is 2. The van der Waals surface area contributed by atoms with Crippen LogP contribution in [0.15, 0.2) is 46.8 Å². The van der Waals surface area contributed by atoms with E-state index in [0.29, 0.717) is 36.2 Å². The van der Waals surface area contributed by atoms with Crippen molar-refractivity contribution in [2.75, 3.05) is 19.6 Å². The quantitative estimate of drug-likeness (QED) is 0.248. The van der Waals surface area contributed by atoms with Crippen molar-refractivity contribution >= 4 is 58.8 Å². The second-order valence-corrected chi connectivity index (χ2v) is 6.25. The fourth-order valence-corrected chi connectivity index (χ4v) is 2.69. The van der Waals surface area contributed by atoms with Crippen LogP contribution in [0.2, 0.25) is 5.02 Å². The van der Waals surface area contributed by atoms with Crippen molar-refractivity contribution in [1.29, 1.82) is 0 Å². The van der Waals surface area contributed by atoms with Crippen molar-refractivity contribution in [1.82, 2.24) is 10.6 Å². The molecule has 130 valence electrons. The first-order valence-corrected chi connectivity index (χ1v) is 8.51. The molecule has 1 aromatic heterocycles. The van der Waals surface area contributed by atoms with Crippen molar-refractivity contribution in [3.8, 4) is 0 Å². The van der Waals surface area contributed by atoms with Crippen molar-refractivity contribution in [3.63, 3.8) is 0 Å². The summed E-state index contributed by atoms with van der Waals surface area (Å²) in [6.45, 7) is 1.63. The van der Waals surface area contributed by atoms with Gasteiger partial charge in [-0.15, -0.1) is 35.3 Å². The highest BCUT2D eigenvalue weighted by Crippen LogP contribution is 2.09. The number of benzene rings is 1. The number of hydrogen-bond acceptors (Lipinski definition) is 3. The van der Waals surface area contributed by atoms with Crippen molar-refractivity contribution < 1.29 is 4.79 Å². The third-order valence-corrected chi connectivity index (χ3v) is 4.23. The maximum Gasteiger partial charge on any atom is 0.251 e. The van der Waals surface area contributed by atoms with E-state index in [9.17, 15) is 4.79 Å². The first-order chi connectivity index (χ1) is 11.1. The summed E-state index contributed by atoms with van der Waals surface area (Å²) < 4.78 is 0. The third-order valence-electron chi connectivity index (χ3n) is 3.04. The van der Waals surface area contributed by atoms with Gasteiger partial charge in [0.2, 0.25) is 0 Å². The molecule has 0 fully saturated rings. The number of carbonyl (C=O) groups excluding carboxylic acids is 1. The molecule has 0 saturated carbocycles. The van der Waals surface area contributed by atoms with E-state index < -0.39 is 0 Å². The van der Waals surface area contributed by atoms with Crippen LogP contribution in [0.1, 0.15) is 15.2 Å². The number of carbonyl (C=O) groups is 1. The molecule has 0 aliphatic rings. The van der Waals surface area contributed by atoms with Gasteiger partial charge < -0.3 is 16.4 Å². The molecule has 1 aromatic carbocycles. The minimum Gasteiger partial charge on any atom is -0.370 e. The second kappa shape index (κ2) is 11.3. The summed E-state index contributed by atoms with van der Waals surface area (Å²) in [5.41, 5.74) is 6.35. The van der Waals surface area contributed by atoms with Gasteiger partial charge in [-0.1, -0.05) is 17.7 Å². The number of amides is 1. The Morgan fingerprint density at radius 2 is 1.88 bits per heavy atom. The topological polar surface area (TPSA) is 79.5 Å². The number of guanidine groups is 1. The van der Waals surface area contributed by atoms with Gasteiger partial charge in [0.1, 0.15) is 0 Å². The summed E-state index contributed by atoms with van der Waals surface area (Å²) in [4.78, 5) is 17.4. The molecule has 24 heavy (non-hydrogen) atoms. The largest absolute Gasteiger partial charge is 0.370 e. The van der Waals surface area contributed by atoms with E-state index in [-0.39, 0.29) is 29.9 Å². The molecule has 2 rings (SSSR count). The lowest BCUT2D eigenvalue weighted by Crippen LogP contribution is -2.38. The monoisotopic (exact) mass is 478 g/mol. The van der Waals surface area contributed by atoms with E-state index in [2.05, 4.69) is 21.7 Å². The van der Waals surface area contributed by atoms with Crippen molar-refractivity contribution in [3.05, 3.63) is 57.2 Å². The van der Waals surface area contributed by atoms with Gasteiger partial charge in [0, 0.05) is 41.5 Å². The first-order valence-electron chi connectivity index (χ1n) is 7.25. The fraction of sp³-hybridized carbons (Fsp3) is 0.250. The van der Waals surface area contributed by atoms with E-state index >= 15 is 0 Å². The van der Waals surface area contributed by atoms with Gasteiger partial charge in [-0.3, -0.25) is 9.79 Å². The van der Waals surface area contributed by atoms with Crippen molar-refractivity contribution in [2.45, 2.75) is 6.42 Å². The Morgan fingerprint density at radius 1 is 1.17 bits per heavy atom.